The van der Waals surface area contributed by atoms with Crippen LogP contribution in [0.3, 0.4) is 0 Å². The van der Waals surface area contributed by atoms with Crippen LogP contribution in [0.5, 0.6) is 0 Å². The second-order valence-corrected chi connectivity index (χ2v) is 10.4. The van der Waals surface area contributed by atoms with Crippen LogP contribution >= 0.6 is 27.7 Å². The largest absolute Gasteiger partial charge is 0.354 e. The molecule has 0 unspecified atom stereocenters. The van der Waals surface area contributed by atoms with E-state index in [1.165, 1.54) is 11.1 Å². The highest BCUT2D eigenvalue weighted by atomic mass is 79.9. The third-order valence-corrected chi connectivity index (χ3v) is 7.24. The van der Waals surface area contributed by atoms with Gasteiger partial charge in [-0.1, -0.05) is 40.2 Å². The first-order chi connectivity index (χ1) is 13.2. The van der Waals surface area contributed by atoms with E-state index in [0.717, 1.165) is 32.1 Å². The van der Waals surface area contributed by atoms with Gasteiger partial charge in [0.05, 0.1) is 11.9 Å². The smallest absolute Gasteiger partial charge is 0.240 e. The van der Waals surface area contributed by atoms with E-state index in [4.69, 9.17) is 0 Å². The van der Waals surface area contributed by atoms with Gasteiger partial charge in [-0.05, 0) is 48.7 Å². The Morgan fingerprint density at radius 1 is 1.14 bits per heavy atom. The van der Waals surface area contributed by atoms with Crippen LogP contribution in [0.25, 0.3) is 0 Å². The molecule has 1 amide bonds. The predicted octanol–water partition coefficient (Wildman–Crippen LogP) is 3.88. The fraction of sp³-hybridized carbons (Fsp3) is 0.350. The molecular weight excluding hydrogens is 460 g/mol. The minimum absolute atomic E-state index is 0.234. The number of anilines is 1. The molecule has 0 aliphatic rings. The van der Waals surface area contributed by atoms with Crippen molar-refractivity contribution in [2.24, 2.45) is 0 Å². The number of rotatable bonds is 9. The molecule has 5 nitrogen and oxygen atoms in total. The van der Waals surface area contributed by atoms with Gasteiger partial charge in [0.1, 0.15) is 6.54 Å². The average molecular weight is 485 g/mol. The molecule has 0 atom stereocenters. The summed E-state index contributed by atoms with van der Waals surface area (Å²) in [4.78, 5) is 12.3. The minimum Gasteiger partial charge on any atom is -0.354 e. The summed E-state index contributed by atoms with van der Waals surface area (Å²) in [5, 5.41) is 2.81. The summed E-state index contributed by atoms with van der Waals surface area (Å²) in [5.41, 5.74) is 3.92. The Bertz CT molecular complexity index is 933. The van der Waals surface area contributed by atoms with Gasteiger partial charge in [-0.25, -0.2) is 8.42 Å². The van der Waals surface area contributed by atoms with Gasteiger partial charge in [0.25, 0.3) is 0 Å². The Balaban J connectivity index is 1.86. The molecule has 0 spiro atoms. The normalized spacial score (nSPS) is 11.3. The summed E-state index contributed by atoms with van der Waals surface area (Å²) in [7, 11) is -3.57. The highest BCUT2D eigenvalue weighted by Crippen LogP contribution is 2.24. The molecule has 28 heavy (non-hydrogen) atoms. The van der Waals surface area contributed by atoms with Crippen molar-refractivity contribution in [1.29, 1.82) is 0 Å². The van der Waals surface area contributed by atoms with Crippen molar-refractivity contribution < 1.29 is 13.2 Å². The minimum atomic E-state index is -3.57. The van der Waals surface area contributed by atoms with Gasteiger partial charge < -0.3 is 5.32 Å². The highest BCUT2D eigenvalue weighted by Gasteiger charge is 2.21. The molecule has 0 aliphatic carbocycles. The van der Waals surface area contributed by atoms with Crippen molar-refractivity contribution in [3.63, 3.8) is 0 Å². The Labute approximate surface area is 180 Å². The summed E-state index contributed by atoms with van der Waals surface area (Å²) in [6, 6.07) is 13.4. The third-order valence-electron chi connectivity index (χ3n) is 4.20. The SMILES string of the molecule is Cc1cc(N(CC(=O)NCCSCc2ccccc2C)S(C)(=O)=O)ccc1Br. The van der Waals surface area contributed by atoms with Gasteiger partial charge in [0.2, 0.25) is 15.9 Å². The molecule has 2 rings (SSSR count). The van der Waals surface area contributed by atoms with Crippen LogP contribution < -0.4 is 9.62 Å². The van der Waals surface area contributed by atoms with Crippen LogP contribution in [0.15, 0.2) is 46.9 Å². The zero-order valence-corrected chi connectivity index (χ0v) is 19.5. The Morgan fingerprint density at radius 2 is 1.86 bits per heavy atom. The first-order valence-electron chi connectivity index (χ1n) is 8.81. The summed E-state index contributed by atoms with van der Waals surface area (Å²) in [5.74, 6) is 1.33. The molecule has 0 aliphatic heterocycles. The lowest BCUT2D eigenvalue weighted by Crippen LogP contribution is -2.41. The van der Waals surface area contributed by atoms with Gasteiger partial charge in [0.15, 0.2) is 0 Å². The molecule has 8 heteroatoms. The molecular formula is C20H25BrN2O3S2. The Morgan fingerprint density at radius 3 is 2.50 bits per heavy atom. The van der Waals surface area contributed by atoms with E-state index >= 15 is 0 Å². The van der Waals surface area contributed by atoms with E-state index in [0.29, 0.717) is 12.2 Å². The monoisotopic (exact) mass is 484 g/mol. The average Bonchev–Trinajstić information content (AvgIpc) is 2.62. The van der Waals surface area contributed by atoms with E-state index in [2.05, 4.69) is 40.3 Å². The maximum atomic E-state index is 12.3. The van der Waals surface area contributed by atoms with Gasteiger partial charge in [-0.2, -0.15) is 11.8 Å². The van der Waals surface area contributed by atoms with Gasteiger partial charge in [-0.3, -0.25) is 9.10 Å². The standard InChI is InChI=1S/C20H25BrN2O3S2/c1-15-6-4-5-7-17(15)14-27-11-10-22-20(24)13-23(28(3,25)26)18-8-9-19(21)16(2)12-18/h4-9,12H,10-11,13-14H2,1-3H3,(H,22,24). The lowest BCUT2D eigenvalue weighted by molar-refractivity contribution is -0.119. The van der Waals surface area contributed by atoms with Crippen LogP contribution in [0.1, 0.15) is 16.7 Å². The predicted molar refractivity (Wildman–Crippen MR) is 121 cm³/mol. The first kappa shape index (κ1) is 22.8. The van der Waals surface area contributed by atoms with Gasteiger partial charge >= 0.3 is 0 Å². The zero-order chi connectivity index (χ0) is 20.7. The topological polar surface area (TPSA) is 66.5 Å². The highest BCUT2D eigenvalue weighted by molar-refractivity contribution is 9.10. The molecule has 0 saturated heterocycles. The molecule has 152 valence electrons. The number of carbonyl (C=O) groups is 1. The molecule has 0 heterocycles. The van der Waals surface area contributed by atoms with Gasteiger partial charge in [0, 0.05) is 22.5 Å². The van der Waals surface area contributed by atoms with Crippen molar-refractivity contribution in [3.8, 4) is 0 Å². The number of carbonyl (C=O) groups excluding carboxylic acids is 1. The summed E-state index contributed by atoms with van der Waals surface area (Å²) >= 11 is 5.14. The molecule has 2 aromatic carbocycles. The van der Waals surface area contributed by atoms with E-state index in [1.807, 2.05) is 19.1 Å². The lowest BCUT2D eigenvalue weighted by Gasteiger charge is -2.22. The van der Waals surface area contributed by atoms with Crippen LogP contribution in [0.4, 0.5) is 5.69 Å². The van der Waals surface area contributed by atoms with Crippen molar-refractivity contribution in [2.45, 2.75) is 19.6 Å². The summed E-state index contributed by atoms with van der Waals surface area (Å²) in [6.45, 7) is 4.22. The number of benzene rings is 2. The number of hydrogen-bond acceptors (Lipinski definition) is 4. The molecule has 0 bridgehead atoms. The van der Waals surface area contributed by atoms with E-state index in [-0.39, 0.29) is 12.5 Å². The number of nitrogens with zero attached hydrogens (tertiary/aromatic N) is 1. The molecule has 0 fully saturated rings. The Kier molecular flexibility index (Phi) is 8.39. The van der Waals surface area contributed by atoms with Crippen LogP contribution in [0, 0.1) is 13.8 Å². The first-order valence-corrected chi connectivity index (χ1v) is 12.6. The van der Waals surface area contributed by atoms with Crippen molar-refractivity contribution in [2.75, 3.05) is 29.4 Å². The number of hydrogen-bond donors (Lipinski definition) is 1. The van der Waals surface area contributed by atoms with Crippen molar-refractivity contribution >= 4 is 49.3 Å². The van der Waals surface area contributed by atoms with Crippen molar-refractivity contribution in [1.82, 2.24) is 5.32 Å². The number of halogens is 1. The second kappa shape index (κ2) is 10.3. The molecule has 1 N–H and O–H groups in total. The molecule has 2 aromatic rings. The van der Waals surface area contributed by atoms with Crippen LogP contribution in [-0.2, 0) is 20.6 Å². The summed E-state index contributed by atoms with van der Waals surface area (Å²) < 4.78 is 26.3. The Hall–Kier alpha value is -1.51. The maximum Gasteiger partial charge on any atom is 0.240 e. The van der Waals surface area contributed by atoms with Crippen LogP contribution in [-0.4, -0.2) is 39.4 Å². The van der Waals surface area contributed by atoms with Crippen LogP contribution in [0.2, 0.25) is 0 Å². The van der Waals surface area contributed by atoms with E-state index in [9.17, 15) is 13.2 Å². The molecule has 0 aromatic heterocycles. The van der Waals surface area contributed by atoms with Gasteiger partial charge in [-0.15, -0.1) is 0 Å². The summed E-state index contributed by atoms with van der Waals surface area (Å²) in [6.07, 6.45) is 1.11. The number of aryl methyl sites for hydroxylation is 2. The lowest BCUT2D eigenvalue weighted by atomic mass is 10.1. The van der Waals surface area contributed by atoms with Crippen molar-refractivity contribution in [3.05, 3.63) is 63.6 Å². The van der Waals surface area contributed by atoms with E-state index in [1.54, 1.807) is 30.0 Å². The fourth-order valence-corrected chi connectivity index (χ4v) is 4.62. The number of amides is 1. The van der Waals surface area contributed by atoms with E-state index < -0.39 is 10.0 Å². The number of sulfonamides is 1. The third kappa shape index (κ3) is 6.83. The maximum absolute atomic E-state index is 12.3. The molecule has 0 saturated carbocycles. The second-order valence-electron chi connectivity index (χ2n) is 6.53. The number of thioether (sulfide) groups is 1. The fourth-order valence-electron chi connectivity index (χ4n) is 2.59. The zero-order valence-electron chi connectivity index (χ0n) is 16.2. The quantitative estimate of drug-likeness (QED) is 0.548. The molecule has 0 radical (unpaired) electrons. The number of nitrogens with one attached hydrogen (secondary N) is 1.